The van der Waals surface area contributed by atoms with Gasteiger partial charge in [0.15, 0.2) is 10.9 Å². The topological polar surface area (TPSA) is 52.0 Å². The summed E-state index contributed by atoms with van der Waals surface area (Å²) in [5.74, 6) is -0.459. The first-order valence-electron chi connectivity index (χ1n) is 9.59. The third-order valence-corrected chi connectivity index (χ3v) is 5.78. The molecule has 0 saturated carbocycles. The fourth-order valence-corrected chi connectivity index (χ4v) is 4.07. The molecule has 0 fully saturated rings. The Labute approximate surface area is 177 Å². The number of carbonyl (C=O) groups is 1. The largest absolute Gasteiger partial charge is 0.293 e. The molecule has 150 valence electrons. The van der Waals surface area contributed by atoms with Gasteiger partial charge in [0.2, 0.25) is 0 Å². The van der Waals surface area contributed by atoms with E-state index in [1.165, 1.54) is 41.6 Å². The molecule has 0 N–H and O–H groups in total. The predicted octanol–water partition coefficient (Wildman–Crippen LogP) is 5.06. The van der Waals surface area contributed by atoms with Crippen molar-refractivity contribution in [3.63, 3.8) is 0 Å². The van der Waals surface area contributed by atoms with Gasteiger partial charge in [-0.3, -0.25) is 14.2 Å². The second kappa shape index (κ2) is 8.63. The fourth-order valence-electron chi connectivity index (χ4n) is 3.17. The molecule has 0 saturated heterocycles. The lowest BCUT2D eigenvalue weighted by Crippen LogP contribution is -2.22. The van der Waals surface area contributed by atoms with Gasteiger partial charge in [-0.05, 0) is 60.5 Å². The van der Waals surface area contributed by atoms with Gasteiger partial charge in [0.1, 0.15) is 5.82 Å². The van der Waals surface area contributed by atoms with Crippen molar-refractivity contribution in [3.8, 4) is 5.69 Å². The van der Waals surface area contributed by atoms with Crippen LogP contribution in [0.3, 0.4) is 0 Å². The number of hydrogen-bond donors (Lipinski definition) is 0. The third-order valence-electron chi connectivity index (χ3n) is 4.85. The Bertz CT molecular complexity index is 1270. The van der Waals surface area contributed by atoms with Gasteiger partial charge in [-0.25, -0.2) is 9.37 Å². The number of thioether (sulfide) groups is 1. The van der Waals surface area contributed by atoms with Crippen LogP contribution in [0.1, 0.15) is 22.8 Å². The summed E-state index contributed by atoms with van der Waals surface area (Å²) in [4.78, 5) is 30.4. The lowest BCUT2D eigenvalue weighted by Gasteiger charge is -2.13. The minimum Gasteiger partial charge on any atom is -0.293 e. The summed E-state index contributed by atoms with van der Waals surface area (Å²) in [5.41, 5.74) is 2.70. The maximum atomic E-state index is 13.2. The van der Waals surface area contributed by atoms with E-state index in [0.717, 1.165) is 6.42 Å². The first-order chi connectivity index (χ1) is 14.6. The number of nitrogens with zero attached hydrogens (tertiary/aromatic N) is 2. The van der Waals surface area contributed by atoms with Gasteiger partial charge in [0.05, 0.1) is 22.3 Å². The van der Waals surface area contributed by atoms with Gasteiger partial charge in [-0.15, -0.1) is 0 Å². The van der Waals surface area contributed by atoms with E-state index in [4.69, 9.17) is 0 Å². The molecule has 30 heavy (non-hydrogen) atoms. The van der Waals surface area contributed by atoms with Gasteiger partial charge in [0, 0.05) is 5.56 Å². The van der Waals surface area contributed by atoms with Crippen LogP contribution in [0.5, 0.6) is 0 Å². The Kier molecular flexibility index (Phi) is 5.77. The molecule has 6 heteroatoms. The van der Waals surface area contributed by atoms with E-state index in [2.05, 4.69) is 11.9 Å². The second-order valence-electron chi connectivity index (χ2n) is 6.79. The predicted molar refractivity (Wildman–Crippen MR) is 118 cm³/mol. The summed E-state index contributed by atoms with van der Waals surface area (Å²) in [6.07, 6.45) is 0.902. The quantitative estimate of drug-likeness (QED) is 0.249. The zero-order valence-electron chi connectivity index (χ0n) is 16.3. The van der Waals surface area contributed by atoms with Crippen molar-refractivity contribution in [2.45, 2.75) is 18.5 Å². The molecule has 0 aliphatic rings. The molecule has 0 aliphatic heterocycles. The number of benzene rings is 3. The van der Waals surface area contributed by atoms with Crippen molar-refractivity contribution in [1.82, 2.24) is 9.55 Å². The highest BCUT2D eigenvalue weighted by Crippen LogP contribution is 2.23. The van der Waals surface area contributed by atoms with Gasteiger partial charge in [-0.2, -0.15) is 0 Å². The number of fused-ring (bicyclic) bond motifs is 1. The van der Waals surface area contributed by atoms with Crippen LogP contribution in [0, 0.1) is 5.82 Å². The van der Waals surface area contributed by atoms with Gasteiger partial charge >= 0.3 is 0 Å². The Balaban J connectivity index is 1.74. The Morgan fingerprint density at radius 1 is 1.00 bits per heavy atom. The van der Waals surface area contributed by atoms with Crippen LogP contribution in [-0.2, 0) is 6.42 Å². The normalized spacial score (nSPS) is 11.0. The number of Topliss-reactive ketones (excluding diaryl/α,β-unsaturated/α-hetero) is 1. The number of hydrogen-bond acceptors (Lipinski definition) is 4. The van der Waals surface area contributed by atoms with Crippen LogP contribution in [0.15, 0.2) is 82.7 Å². The molecule has 0 spiro atoms. The van der Waals surface area contributed by atoms with Crippen molar-refractivity contribution < 1.29 is 9.18 Å². The van der Waals surface area contributed by atoms with Gasteiger partial charge < -0.3 is 0 Å². The van der Waals surface area contributed by atoms with E-state index in [0.29, 0.717) is 27.3 Å². The van der Waals surface area contributed by atoms with E-state index in [9.17, 15) is 14.0 Å². The zero-order chi connectivity index (χ0) is 21.1. The van der Waals surface area contributed by atoms with Crippen LogP contribution in [0.2, 0.25) is 0 Å². The highest BCUT2D eigenvalue weighted by Gasteiger charge is 2.15. The summed E-state index contributed by atoms with van der Waals surface area (Å²) >= 11 is 1.20. The third kappa shape index (κ3) is 4.04. The average molecular weight is 418 g/mol. The minimum absolute atomic E-state index is 0.0868. The van der Waals surface area contributed by atoms with E-state index in [1.807, 2.05) is 30.3 Å². The van der Waals surface area contributed by atoms with Crippen LogP contribution in [-0.4, -0.2) is 21.1 Å². The first-order valence-corrected chi connectivity index (χ1v) is 10.6. The van der Waals surface area contributed by atoms with Crippen LogP contribution >= 0.6 is 11.8 Å². The maximum absolute atomic E-state index is 13.2. The molecule has 0 unspecified atom stereocenters. The molecule has 1 aromatic heterocycles. The number of ketones is 1. The lowest BCUT2D eigenvalue weighted by atomic mass is 10.1. The summed E-state index contributed by atoms with van der Waals surface area (Å²) in [5, 5.41) is 0.963. The number of halogens is 1. The number of rotatable bonds is 6. The monoisotopic (exact) mass is 418 g/mol. The van der Waals surface area contributed by atoms with Gasteiger partial charge in [0.25, 0.3) is 5.56 Å². The van der Waals surface area contributed by atoms with E-state index in [-0.39, 0.29) is 22.9 Å². The number of aryl methyl sites for hydroxylation is 1. The summed E-state index contributed by atoms with van der Waals surface area (Å²) in [6.45, 7) is 2.07. The average Bonchev–Trinajstić information content (AvgIpc) is 2.78. The molecule has 0 aliphatic carbocycles. The number of para-hydroxylation sites is 1. The molecule has 0 bridgehead atoms. The molecule has 1 heterocycles. The number of carbonyl (C=O) groups excluding carboxylic acids is 1. The van der Waals surface area contributed by atoms with E-state index in [1.54, 1.807) is 22.8 Å². The maximum Gasteiger partial charge on any atom is 0.266 e. The summed E-state index contributed by atoms with van der Waals surface area (Å²) < 4.78 is 14.7. The molecule has 0 amide bonds. The standard InChI is InChI=1S/C24H19FN2O2S/c1-2-16-7-13-19(14-8-16)27-23(29)20-5-3-4-6-21(20)26-24(27)30-15-22(28)17-9-11-18(25)12-10-17/h3-14H,2,15H2,1H3. The van der Waals surface area contributed by atoms with E-state index >= 15 is 0 Å². The summed E-state index contributed by atoms with van der Waals surface area (Å²) in [6, 6.07) is 20.4. The fraction of sp³-hybridized carbons (Fsp3) is 0.125. The van der Waals surface area contributed by atoms with E-state index < -0.39 is 0 Å². The zero-order valence-corrected chi connectivity index (χ0v) is 17.2. The minimum atomic E-state index is -0.389. The molecule has 0 atom stereocenters. The molecule has 0 radical (unpaired) electrons. The van der Waals surface area contributed by atoms with Crippen LogP contribution in [0.4, 0.5) is 4.39 Å². The van der Waals surface area contributed by atoms with Crippen molar-refractivity contribution in [1.29, 1.82) is 0 Å². The SMILES string of the molecule is CCc1ccc(-n2c(SCC(=O)c3ccc(F)cc3)nc3ccccc3c2=O)cc1. The molecule has 3 aromatic carbocycles. The smallest absolute Gasteiger partial charge is 0.266 e. The lowest BCUT2D eigenvalue weighted by molar-refractivity contribution is 0.102. The Morgan fingerprint density at radius 2 is 1.70 bits per heavy atom. The highest BCUT2D eigenvalue weighted by atomic mass is 32.2. The summed E-state index contributed by atoms with van der Waals surface area (Å²) in [7, 11) is 0. The van der Waals surface area contributed by atoms with Crippen molar-refractivity contribution >= 4 is 28.4 Å². The van der Waals surface area contributed by atoms with Crippen molar-refractivity contribution in [3.05, 3.63) is 100 Å². The highest BCUT2D eigenvalue weighted by molar-refractivity contribution is 7.99. The van der Waals surface area contributed by atoms with Crippen LogP contribution in [0.25, 0.3) is 16.6 Å². The van der Waals surface area contributed by atoms with Gasteiger partial charge in [-0.1, -0.05) is 43.0 Å². The first kappa shape index (κ1) is 20.0. The van der Waals surface area contributed by atoms with Crippen molar-refractivity contribution in [2.24, 2.45) is 0 Å². The number of aromatic nitrogens is 2. The molecular weight excluding hydrogens is 399 g/mol. The molecule has 4 nitrogen and oxygen atoms in total. The molecular formula is C24H19FN2O2S. The van der Waals surface area contributed by atoms with Crippen molar-refractivity contribution in [2.75, 3.05) is 5.75 Å². The van der Waals surface area contributed by atoms with Crippen LogP contribution < -0.4 is 5.56 Å². The molecule has 4 rings (SSSR count). The second-order valence-corrected chi connectivity index (χ2v) is 7.73. The Hall–Kier alpha value is -3.25. The molecule has 4 aromatic rings. The Morgan fingerprint density at radius 3 is 2.40 bits per heavy atom.